The maximum absolute atomic E-state index is 5.95. The summed E-state index contributed by atoms with van der Waals surface area (Å²) in [7, 11) is 2.15. The lowest BCUT2D eigenvalue weighted by Crippen LogP contribution is -2.32. The first-order valence-corrected chi connectivity index (χ1v) is 11.1. The normalized spacial score (nSPS) is 15.0. The van der Waals surface area contributed by atoms with Crippen molar-refractivity contribution in [3.8, 4) is 0 Å². The van der Waals surface area contributed by atoms with Crippen LogP contribution in [0.3, 0.4) is 0 Å². The van der Waals surface area contributed by atoms with Gasteiger partial charge < -0.3 is 4.90 Å². The molecule has 30 heavy (non-hydrogen) atoms. The van der Waals surface area contributed by atoms with E-state index in [2.05, 4.69) is 53.8 Å². The van der Waals surface area contributed by atoms with Crippen LogP contribution in [0, 0.1) is 0 Å². The van der Waals surface area contributed by atoms with Gasteiger partial charge in [-0.3, -0.25) is 0 Å². The van der Waals surface area contributed by atoms with E-state index in [4.69, 9.17) is 16.6 Å². The van der Waals surface area contributed by atoms with Crippen LogP contribution >= 0.6 is 11.6 Å². The standard InChI is InChI=1S/C26H28ClN3/c1-3-20-16-21(15-19-13-14-25(27)28-17-19)23-11-7-8-12-24(23)26(20)29-18-30(2)22-9-5-4-6-10-22/h3,7-8,11-14,16-18,22H,1,4-6,9-10,15H2,2H3. The van der Waals surface area contributed by atoms with Crippen molar-refractivity contribution < 1.29 is 0 Å². The average molecular weight is 418 g/mol. The molecule has 0 saturated heterocycles. The minimum absolute atomic E-state index is 0.516. The predicted octanol–water partition coefficient (Wildman–Crippen LogP) is 7.05. The third kappa shape index (κ3) is 4.57. The van der Waals surface area contributed by atoms with Crippen LogP contribution < -0.4 is 0 Å². The van der Waals surface area contributed by atoms with Crippen molar-refractivity contribution >= 4 is 40.5 Å². The summed E-state index contributed by atoms with van der Waals surface area (Å²) < 4.78 is 0. The van der Waals surface area contributed by atoms with Crippen molar-refractivity contribution in [2.24, 2.45) is 4.99 Å². The fraction of sp³-hybridized carbons (Fsp3) is 0.308. The van der Waals surface area contributed by atoms with Gasteiger partial charge in [0, 0.05) is 30.2 Å². The zero-order valence-corrected chi connectivity index (χ0v) is 18.3. The van der Waals surface area contributed by atoms with Crippen LogP contribution in [-0.2, 0) is 6.42 Å². The Labute approximate surface area is 184 Å². The summed E-state index contributed by atoms with van der Waals surface area (Å²) in [6, 6.07) is 15.2. The van der Waals surface area contributed by atoms with Gasteiger partial charge in [0.15, 0.2) is 0 Å². The lowest BCUT2D eigenvalue weighted by Gasteiger charge is -2.29. The first-order valence-electron chi connectivity index (χ1n) is 10.7. The van der Waals surface area contributed by atoms with Gasteiger partial charge in [-0.15, -0.1) is 0 Å². The van der Waals surface area contributed by atoms with Crippen molar-refractivity contribution in [3.63, 3.8) is 0 Å². The van der Waals surface area contributed by atoms with E-state index in [9.17, 15) is 0 Å². The third-order valence-electron chi connectivity index (χ3n) is 6.05. The molecule has 3 nitrogen and oxygen atoms in total. The Morgan fingerprint density at radius 3 is 2.60 bits per heavy atom. The van der Waals surface area contributed by atoms with Gasteiger partial charge in [-0.1, -0.05) is 73.9 Å². The van der Waals surface area contributed by atoms with Crippen LogP contribution in [0.5, 0.6) is 0 Å². The van der Waals surface area contributed by atoms with Crippen molar-refractivity contribution in [2.45, 2.75) is 44.6 Å². The van der Waals surface area contributed by atoms with E-state index < -0.39 is 0 Å². The fourth-order valence-electron chi connectivity index (χ4n) is 4.37. The lowest BCUT2D eigenvalue weighted by atomic mass is 9.94. The average Bonchev–Trinajstić information content (AvgIpc) is 2.80. The molecule has 1 heterocycles. The Kier molecular flexibility index (Phi) is 6.49. The van der Waals surface area contributed by atoms with E-state index in [-0.39, 0.29) is 0 Å². The van der Waals surface area contributed by atoms with Gasteiger partial charge in [0.2, 0.25) is 0 Å². The van der Waals surface area contributed by atoms with Crippen molar-refractivity contribution in [1.29, 1.82) is 0 Å². The molecule has 3 aromatic rings. The zero-order valence-electron chi connectivity index (χ0n) is 17.5. The highest BCUT2D eigenvalue weighted by molar-refractivity contribution is 6.29. The molecule has 0 bridgehead atoms. The molecule has 0 N–H and O–H groups in total. The minimum Gasteiger partial charge on any atom is -0.363 e. The number of hydrogen-bond acceptors (Lipinski definition) is 2. The topological polar surface area (TPSA) is 28.5 Å². The number of nitrogens with zero attached hydrogens (tertiary/aromatic N) is 3. The SMILES string of the molecule is C=Cc1cc(Cc2ccc(Cl)nc2)c2ccccc2c1N=CN(C)C1CCCCC1. The first-order chi connectivity index (χ1) is 14.7. The molecular formula is C26H28ClN3. The zero-order chi connectivity index (χ0) is 20.9. The highest BCUT2D eigenvalue weighted by Crippen LogP contribution is 2.35. The number of rotatable bonds is 6. The minimum atomic E-state index is 0.516. The van der Waals surface area contributed by atoms with E-state index in [1.54, 1.807) is 0 Å². The van der Waals surface area contributed by atoms with Crippen LogP contribution in [0.15, 0.2) is 60.2 Å². The Morgan fingerprint density at radius 2 is 1.90 bits per heavy atom. The van der Waals surface area contributed by atoms with E-state index in [0.29, 0.717) is 11.2 Å². The Hall–Kier alpha value is -2.65. The number of benzene rings is 2. The molecule has 1 fully saturated rings. The van der Waals surface area contributed by atoms with Crippen molar-refractivity contribution in [2.75, 3.05) is 7.05 Å². The van der Waals surface area contributed by atoms with Gasteiger partial charge in [0.1, 0.15) is 5.15 Å². The number of aliphatic imine (C=N–C) groups is 1. The number of aromatic nitrogens is 1. The molecule has 1 aliphatic rings. The van der Waals surface area contributed by atoms with Gasteiger partial charge in [0.25, 0.3) is 0 Å². The van der Waals surface area contributed by atoms with Crippen LogP contribution in [-0.4, -0.2) is 29.3 Å². The monoisotopic (exact) mass is 417 g/mol. The predicted molar refractivity (Wildman–Crippen MR) is 129 cm³/mol. The molecule has 0 unspecified atom stereocenters. The molecule has 1 saturated carbocycles. The second kappa shape index (κ2) is 9.44. The molecule has 1 aromatic heterocycles. The Balaban J connectivity index is 1.70. The molecular weight excluding hydrogens is 390 g/mol. The molecule has 1 aliphatic carbocycles. The number of fused-ring (bicyclic) bond motifs is 1. The Bertz CT molecular complexity index is 1050. The van der Waals surface area contributed by atoms with Crippen molar-refractivity contribution in [3.05, 3.63) is 77.1 Å². The number of pyridine rings is 1. The smallest absolute Gasteiger partial charge is 0.129 e. The summed E-state index contributed by atoms with van der Waals surface area (Å²) >= 11 is 5.95. The van der Waals surface area contributed by atoms with Crippen LogP contribution in [0.25, 0.3) is 16.8 Å². The third-order valence-corrected chi connectivity index (χ3v) is 6.28. The number of hydrogen-bond donors (Lipinski definition) is 0. The lowest BCUT2D eigenvalue weighted by molar-refractivity contribution is 0.284. The quantitative estimate of drug-likeness (QED) is 0.244. The summed E-state index contributed by atoms with van der Waals surface area (Å²) in [5.41, 5.74) is 4.41. The van der Waals surface area contributed by atoms with Gasteiger partial charge in [-0.05, 0) is 47.9 Å². The van der Waals surface area contributed by atoms with Crippen LogP contribution in [0.4, 0.5) is 5.69 Å². The maximum atomic E-state index is 5.95. The summed E-state index contributed by atoms with van der Waals surface area (Å²) in [6.45, 7) is 4.06. The van der Waals surface area contributed by atoms with E-state index in [1.807, 2.05) is 30.7 Å². The second-order valence-electron chi connectivity index (χ2n) is 8.09. The second-order valence-corrected chi connectivity index (χ2v) is 8.48. The molecule has 4 rings (SSSR count). The molecule has 4 heteroatoms. The summed E-state index contributed by atoms with van der Waals surface area (Å²) in [5, 5.41) is 2.88. The maximum Gasteiger partial charge on any atom is 0.129 e. The van der Waals surface area contributed by atoms with Crippen LogP contribution in [0.2, 0.25) is 5.15 Å². The molecule has 0 atom stereocenters. The highest BCUT2D eigenvalue weighted by Gasteiger charge is 2.16. The Morgan fingerprint density at radius 1 is 1.13 bits per heavy atom. The highest BCUT2D eigenvalue weighted by atomic mass is 35.5. The van der Waals surface area contributed by atoms with Gasteiger partial charge >= 0.3 is 0 Å². The summed E-state index contributed by atoms with van der Waals surface area (Å²) in [5.74, 6) is 0. The molecule has 0 radical (unpaired) electrons. The van der Waals surface area contributed by atoms with Gasteiger partial charge in [0.05, 0.1) is 12.0 Å². The molecule has 154 valence electrons. The fourth-order valence-corrected chi connectivity index (χ4v) is 4.48. The molecule has 0 amide bonds. The van der Waals surface area contributed by atoms with Crippen molar-refractivity contribution in [1.82, 2.24) is 9.88 Å². The molecule has 0 aliphatic heterocycles. The van der Waals surface area contributed by atoms with Crippen LogP contribution in [0.1, 0.15) is 48.8 Å². The largest absolute Gasteiger partial charge is 0.363 e. The van der Waals surface area contributed by atoms with Gasteiger partial charge in [-0.2, -0.15) is 0 Å². The van der Waals surface area contributed by atoms with Gasteiger partial charge in [-0.25, -0.2) is 9.98 Å². The molecule has 0 spiro atoms. The van der Waals surface area contributed by atoms with E-state index >= 15 is 0 Å². The molecule has 2 aromatic carbocycles. The first kappa shape index (κ1) is 20.6. The summed E-state index contributed by atoms with van der Waals surface area (Å²) in [6.07, 6.45) is 13.1. The van der Waals surface area contributed by atoms with E-state index in [1.165, 1.54) is 43.1 Å². The summed E-state index contributed by atoms with van der Waals surface area (Å²) in [4.78, 5) is 11.5. The van der Waals surface area contributed by atoms with E-state index in [0.717, 1.165) is 28.6 Å². The number of halogens is 1.